The van der Waals surface area contributed by atoms with Crippen LogP contribution in [0.5, 0.6) is 0 Å². The first-order valence-electron chi connectivity index (χ1n) is 5.22. The minimum absolute atomic E-state index is 0.156. The van der Waals surface area contributed by atoms with Gasteiger partial charge in [-0.1, -0.05) is 35.3 Å². The molecule has 0 N–H and O–H groups in total. The largest absolute Gasteiger partial charge is 0.207 e. The predicted molar refractivity (Wildman–Crippen MR) is 71.2 cm³/mol. The van der Waals surface area contributed by atoms with Crippen molar-refractivity contribution in [1.82, 2.24) is 0 Å². The lowest BCUT2D eigenvalue weighted by Crippen LogP contribution is -1.88. The first kappa shape index (κ1) is 12.9. The lowest BCUT2D eigenvalue weighted by atomic mass is 10.0. The lowest BCUT2D eigenvalue weighted by Gasteiger charge is -2.07. The SMILES string of the molecule is N#CCc1cc(F)cc(-c2cccc(Cl)c2Cl)c1. The van der Waals surface area contributed by atoms with E-state index in [1.54, 1.807) is 24.3 Å². The number of halogens is 3. The molecule has 0 saturated heterocycles. The van der Waals surface area contributed by atoms with Crippen LogP contribution >= 0.6 is 23.2 Å². The fraction of sp³-hybridized carbons (Fsp3) is 0.0714. The summed E-state index contributed by atoms with van der Waals surface area (Å²) in [5.41, 5.74) is 1.89. The lowest BCUT2D eigenvalue weighted by molar-refractivity contribution is 0.626. The van der Waals surface area contributed by atoms with Gasteiger partial charge in [0.25, 0.3) is 0 Å². The molecule has 0 radical (unpaired) electrons. The van der Waals surface area contributed by atoms with Gasteiger partial charge in [0.15, 0.2) is 0 Å². The third kappa shape index (κ3) is 2.64. The quantitative estimate of drug-likeness (QED) is 0.770. The number of rotatable bonds is 2. The highest BCUT2D eigenvalue weighted by atomic mass is 35.5. The maximum atomic E-state index is 13.5. The number of benzene rings is 2. The zero-order valence-electron chi connectivity index (χ0n) is 9.25. The minimum atomic E-state index is -0.395. The highest BCUT2D eigenvalue weighted by Gasteiger charge is 2.09. The molecular formula is C14H8Cl2FN. The highest BCUT2D eigenvalue weighted by molar-refractivity contribution is 6.43. The molecule has 2 aromatic rings. The summed E-state index contributed by atoms with van der Waals surface area (Å²) < 4.78 is 13.5. The molecule has 0 unspecified atom stereocenters. The Hall–Kier alpha value is -1.56. The second-order valence-corrected chi connectivity index (χ2v) is 4.57. The Morgan fingerprint density at radius 3 is 2.67 bits per heavy atom. The van der Waals surface area contributed by atoms with Crippen LogP contribution < -0.4 is 0 Å². The van der Waals surface area contributed by atoms with Crippen molar-refractivity contribution in [1.29, 1.82) is 5.26 Å². The Labute approximate surface area is 114 Å². The maximum Gasteiger partial charge on any atom is 0.124 e. The van der Waals surface area contributed by atoms with E-state index >= 15 is 0 Å². The van der Waals surface area contributed by atoms with Gasteiger partial charge in [-0.15, -0.1) is 0 Å². The van der Waals surface area contributed by atoms with Crippen LogP contribution in [-0.2, 0) is 6.42 Å². The van der Waals surface area contributed by atoms with Crippen molar-refractivity contribution in [2.45, 2.75) is 6.42 Å². The van der Waals surface area contributed by atoms with Crippen LogP contribution in [0.2, 0.25) is 10.0 Å². The molecule has 0 atom stereocenters. The van der Waals surface area contributed by atoms with Crippen molar-refractivity contribution in [3.63, 3.8) is 0 Å². The van der Waals surface area contributed by atoms with Crippen LogP contribution in [0.1, 0.15) is 5.56 Å². The van der Waals surface area contributed by atoms with Crippen molar-refractivity contribution in [2.24, 2.45) is 0 Å². The van der Waals surface area contributed by atoms with Crippen molar-refractivity contribution in [3.05, 3.63) is 57.8 Å². The monoisotopic (exact) mass is 279 g/mol. The average molecular weight is 280 g/mol. The van der Waals surface area contributed by atoms with E-state index in [1.807, 2.05) is 6.07 Å². The third-order valence-electron chi connectivity index (χ3n) is 2.50. The summed E-state index contributed by atoms with van der Waals surface area (Å²) in [6.45, 7) is 0. The molecule has 0 bridgehead atoms. The molecule has 2 aromatic carbocycles. The van der Waals surface area contributed by atoms with E-state index in [9.17, 15) is 4.39 Å². The van der Waals surface area contributed by atoms with Crippen LogP contribution in [0.25, 0.3) is 11.1 Å². The van der Waals surface area contributed by atoms with Gasteiger partial charge in [-0.25, -0.2) is 4.39 Å². The summed E-state index contributed by atoms with van der Waals surface area (Å²) in [5.74, 6) is -0.395. The van der Waals surface area contributed by atoms with Gasteiger partial charge in [-0.2, -0.15) is 5.26 Å². The summed E-state index contributed by atoms with van der Waals surface area (Å²) in [5, 5.41) is 9.45. The Bertz CT molecular complexity index is 632. The summed E-state index contributed by atoms with van der Waals surface area (Å²) in [6.07, 6.45) is 0.156. The molecule has 0 heterocycles. The fourth-order valence-corrected chi connectivity index (χ4v) is 2.14. The minimum Gasteiger partial charge on any atom is -0.207 e. The van der Waals surface area contributed by atoms with Crippen molar-refractivity contribution >= 4 is 23.2 Å². The summed E-state index contributed by atoms with van der Waals surface area (Å²) in [4.78, 5) is 0. The smallest absolute Gasteiger partial charge is 0.124 e. The van der Waals surface area contributed by atoms with E-state index in [4.69, 9.17) is 28.5 Å². The first-order chi connectivity index (χ1) is 8.61. The van der Waals surface area contributed by atoms with Gasteiger partial charge in [0.05, 0.1) is 22.5 Å². The molecule has 1 nitrogen and oxygen atoms in total. The first-order valence-corrected chi connectivity index (χ1v) is 5.98. The Morgan fingerprint density at radius 2 is 1.94 bits per heavy atom. The topological polar surface area (TPSA) is 23.8 Å². The molecule has 0 fully saturated rings. The van der Waals surface area contributed by atoms with Crippen LogP contribution in [0.4, 0.5) is 4.39 Å². The van der Waals surface area contributed by atoms with Crippen molar-refractivity contribution in [3.8, 4) is 17.2 Å². The summed E-state index contributed by atoms with van der Waals surface area (Å²) >= 11 is 12.0. The van der Waals surface area contributed by atoms with Gasteiger partial charge in [-0.3, -0.25) is 0 Å². The standard InChI is InChI=1S/C14H8Cl2FN/c15-13-3-1-2-12(14(13)16)10-6-9(4-5-18)7-11(17)8-10/h1-3,6-8H,4H2. The summed E-state index contributed by atoms with van der Waals surface area (Å²) in [6, 6.07) is 11.6. The van der Waals surface area contributed by atoms with Crippen LogP contribution in [0.3, 0.4) is 0 Å². The van der Waals surface area contributed by atoms with E-state index in [1.165, 1.54) is 12.1 Å². The van der Waals surface area contributed by atoms with Gasteiger partial charge >= 0.3 is 0 Å². The van der Waals surface area contributed by atoms with E-state index in [-0.39, 0.29) is 6.42 Å². The molecule has 0 aliphatic rings. The normalized spacial score (nSPS) is 10.1. The van der Waals surface area contributed by atoms with E-state index in [0.29, 0.717) is 26.7 Å². The number of hydrogen-bond donors (Lipinski definition) is 0. The van der Waals surface area contributed by atoms with Gasteiger partial charge < -0.3 is 0 Å². The molecule has 0 aliphatic carbocycles. The number of hydrogen-bond acceptors (Lipinski definition) is 1. The van der Waals surface area contributed by atoms with Gasteiger partial charge in [0.2, 0.25) is 0 Å². The maximum absolute atomic E-state index is 13.5. The van der Waals surface area contributed by atoms with Gasteiger partial charge in [0.1, 0.15) is 5.82 Å². The zero-order valence-corrected chi connectivity index (χ0v) is 10.8. The highest BCUT2D eigenvalue weighted by Crippen LogP contribution is 2.34. The molecular weight excluding hydrogens is 272 g/mol. The van der Waals surface area contributed by atoms with Crippen LogP contribution in [0, 0.1) is 17.1 Å². The fourth-order valence-electron chi connectivity index (χ4n) is 1.73. The third-order valence-corrected chi connectivity index (χ3v) is 3.32. The van der Waals surface area contributed by atoms with Crippen molar-refractivity contribution < 1.29 is 4.39 Å². The second kappa shape index (κ2) is 5.39. The second-order valence-electron chi connectivity index (χ2n) is 3.78. The van der Waals surface area contributed by atoms with E-state index in [2.05, 4.69) is 0 Å². The Kier molecular flexibility index (Phi) is 3.86. The summed E-state index contributed by atoms with van der Waals surface area (Å²) in [7, 11) is 0. The van der Waals surface area contributed by atoms with E-state index < -0.39 is 5.82 Å². The molecule has 4 heteroatoms. The molecule has 0 saturated carbocycles. The molecule has 0 aromatic heterocycles. The zero-order chi connectivity index (χ0) is 13.1. The number of nitrogens with zero attached hydrogens (tertiary/aromatic N) is 1. The average Bonchev–Trinajstić information content (AvgIpc) is 2.32. The molecule has 90 valence electrons. The molecule has 2 rings (SSSR count). The van der Waals surface area contributed by atoms with Gasteiger partial charge in [-0.05, 0) is 35.4 Å². The Morgan fingerprint density at radius 1 is 1.17 bits per heavy atom. The van der Waals surface area contributed by atoms with Crippen molar-refractivity contribution in [2.75, 3.05) is 0 Å². The van der Waals surface area contributed by atoms with Crippen LogP contribution in [-0.4, -0.2) is 0 Å². The molecule has 18 heavy (non-hydrogen) atoms. The van der Waals surface area contributed by atoms with Crippen LogP contribution in [0.15, 0.2) is 36.4 Å². The molecule has 0 spiro atoms. The predicted octanol–water partition coefficient (Wildman–Crippen LogP) is 4.87. The Balaban J connectivity index is 2.57. The van der Waals surface area contributed by atoms with Gasteiger partial charge in [0, 0.05) is 5.56 Å². The number of nitriles is 1. The molecule has 0 aliphatic heterocycles. The van der Waals surface area contributed by atoms with E-state index in [0.717, 1.165) is 0 Å². The molecule has 0 amide bonds.